The minimum atomic E-state index is -0.745. The van der Waals surface area contributed by atoms with E-state index in [1.54, 1.807) is 13.8 Å². The van der Waals surface area contributed by atoms with Crippen molar-refractivity contribution in [3.8, 4) is 11.5 Å². The molecule has 0 fully saturated rings. The Morgan fingerprint density at radius 1 is 1.47 bits per heavy atom. The Bertz CT molecular complexity index is 392. The van der Waals surface area contributed by atoms with Gasteiger partial charge in [-0.3, -0.25) is 0 Å². The Morgan fingerprint density at radius 2 is 2.18 bits per heavy atom. The van der Waals surface area contributed by atoms with Crippen molar-refractivity contribution in [2.45, 2.75) is 20.0 Å². The maximum atomic E-state index is 13.1. The Kier molecular flexibility index (Phi) is 4.75. The number of hydrogen-bond donors (Lipinski definition) is 0. The number of carbonyl (C=O) groups is 1. The lowest BCUT2D eigenvalue weighted by Crippen LogP contribution is -2.26. The third-order valence-corrected chi connectivity index (χ3v) is 2.05. The van der Waals surface area contributed by atoms with Gasteiger partial charge < -0.3 is 14.2 Å². The number of methoxy groups -OCH3 is 1. The molecule has 1 aromatic carbocycles. The second kappa shape index (κ2) is 6.08. The van der Waals surface area contributed by atoms with E-state index < -0.39 is 17.9 Å². The number of esters is 1. The Morgan fingerprint density at radius 3 is 2.76 bits per heavy atom. The summed E-state index contributed by atoms with van der Waals surface area (Å²) in [6.07, 6.45) is -0.745. The van der Waals surface area contributed by atoms with Gasteiger partial charge in [0.25, 0.3) is 0 Å². The molecule has 1 unspecified atom stereocenters. The highest BCUT2D eigenvalue weighted by Crippen LogP contribution is 2.23. The second-order valence-electron chi connectivity index (χ2n) is 3.31. The number of carbonyl (C=O) groups excluding carboxylic acids is 1. The van der Waals surface area contributed by atoms with Gasteiger partial charge in [-0.25, -0.2) is 9.18 Å². The van der Waals surface area contributed by atoms with Crippen LogP contribution >= 0.6 is 0 Å². The van der Waals surface area contributed by atoms with Crippen molar-refractivity contribution in [2.24, 2.45) is 0 Å². The first kappa shape index (κ1) is 13.3. The van der Waals surface area contributed by atoms with Crippen LogP contribution in [0.1, 0.15) is 13.8 Å². The van der Waals surface area contributed by atoms with Crippen molar-refractivity contribution in [1.29, 1.82) is 0 Å². The summed E-state index contributed by atoms with van der Waals surface area (Å²) >= 11 is 0. The first-order chi connectivity index (χ1) is 8.08. The molecule has 0 saturated carbocycles. The molecule has 0 bridgehead atoms. The van der Waals surface area contributed by atoms with Gasteiger partial charge in [-0.2, -0.15) is 0 Å². The van der Waals surface area contributed by atoms with Crippen molar-refractivity contribution >= 4 is 5.97 Å². The quantitative estimate of drug-likeness (QED) is 0.742. The predicted molar refractivity (Wildman–Crippen MR) is 59.7 cm³/mol. The lowest BCUT2D eigenvalue weighted by Gasteiger charge is -2.14. The smallest absolute Gasteiger partial charge is 0.347 e. The van der Waals surface area contributed by atoms with Crippen LogP contribution < -0.4 is 9.47 Å². The van der Waals surface area contributed by atoms with Crippen LogP contribution in [-0.4, -0.2) is 25.8 Å². The van der Waals surface area contributed by atoms with Gasteiger partial charge in [-0.1, -0.05) is 0 Å². The van der Waals surface area contributed by atoms with Crippen molar-refractivity contribution < 1.29 is 23.4 Å². The third-order valence-electron chi connectivity index (χ3n) is 2.05. The van der Waals surface area contributed by atoms with E-state index in [4.69, 9.17) is 14.2 Å². The molecule has 0 aliphatic heterocycles. The summed E-state index contributed by atoms with van der Waals surface area (Å²) < 4.78 is 28.0. The standard InChI is InChI=1S/C12H15FO4/c1-4-16-12(14)8(2)17-9-5-6-10(13)11(7-9)15-3/h5-8H,4H2,1-3H3. The molecule has 0 aromatic heterocycles. The molecule has 0 heterocycles. The van der Waals surface area contributed by atoms with Crippen molar-refractivity contribution in [2.75, 3.05) is 13.7 Å². The first-order valence-corrected chi connectivity index (χ1v) is 5.25. The van der Waals surface area contributed by atoms with Gasteiger partial charge in [-0.05, 0) is 26.0 Å². The Labute approximate surface area is 99.3 Å². The maximum Gasteiger partial charge on any atom is 0.347 e. The SMILES string of the molecule is CCOC(=O)C(C)Oc1ccc(F)c(OC)c1. The number of halogens is 1. The van der Waals surface area contributed by atoms with Crippen LogP contribution in [0.4, 0.5) is 4.39 Å². The minimum absolute atomic E-state index is 0.0681. The highest BCUT2D eigenvalue weighted by atomic mass is 19.1. The normalized spacial score (nSPS) is 11.8. The van der Waals surface area contributed by atoms with Crippen molar-refractivity contribution in [3.05, 3.63) is 24.0 Å². The predicted octanol–water partition coefficient (Wildman–Crippen LogP) is 2.16. The molecule has 5 heteroatoms. The van der Waals surface area contributed by atoms with Crippen LogP contribution in [0.3, 0.4) is 0 Å². The van der Waals surface area contributed by atoms with E-state index in [1.165, 1.54) is 25.3 Å². The number of ether oxygens (including phenoxy) is 3. The fraction of sp³-hybridized carbons (Fsp3) is 0.417. The maximum absolute atomic E-state index is 13.1. The van der Waals surface area contributed by atoms with Crippen LogP contribution in [-0.2, 0) is 9.53 Å². The lowest BCUT2D eigenvalue weighted by atomic mass is 10.3. The van der Waals surface area contributed by atoms with Crippen LogP contribution in [0.5, 0.6) is 11.5 Å². The number of hydrogen-bond acceptors (Lipinski definition) is 4. The molecule has 1 atom stereocenters. The summed E-state index contributed by atoms with van der Waals surface area (Å²) in [4.78, 5) is 11.3. The van der Waals surface area contributed by atoms with Gasteiger partial charge in [0.15, 0.2) is 17.7 Å². The van der Waals surface area contributed by atoms with Crippen molar-refractivity contribution in [1.82, 2.24) is 0 Å². The van der Waals surface area contributed by atoms with Gasteiger partial charge in [0.2, 0.25) is 0 Å². The van der Waals surface area contributed by atoms with Gasteiger partial charge in [-0.15, -0.1) is 0 Å². The van der Waals surface area contributed by atoms with Gasteiger partial charge >= 0.3 is 5.97 Å². The highest BCUT2D eigenvalue weighted by molar-refractivity contribution is 5.74. The molecule has 1 aromatic rings. The average molecular weight is 242 g/mol. The number of rotatable bonds is 5. The molecular weight excluding hydrogens is 227 g/mol. The van der Waals surface area contributed by atoms with E-state index in [9.17, 15) is 9.18 Å². The zero-order valence-electron chi connectivity index (χ0n) is 10.0. The zero-order valence-corrected chi connectivity index (χ0v) is 10.0. The average Bonchev–Trinajstić information content (AvgIpc) is 2.31. The van der Waals surface area contributed by atoms with Gasteiger partial charge in [0.1, 0.15) is 5.75 Å². The summed E-state index contributed by atoms with van der Waals surface area (Å²) in [6, 6.07) is 4.02. The zero-order chi connectivity index (χ0) is 12.8. The number of benzene rings is 1. The van der Waals surface area contributed by atoms with Crippen molar-refractivity contribution in [3.63, 3.8) is 0 Å². The molecule has 0 spiro atoms. The van der Waals surface area contributed by atoms with E-state index in [0.29, 0.717) is 12.4 Å². The Balaban J connectivity index is 2.71. The van der Waals surface area contributed by atoms with E-state index in [2.05, 4.69) is 0 Å². The van der Waals surface area contributed by atoms with Gasteiger partial charge in [0.05, 0.1) is 13.7 Å². The molecule has 1 rings (SSSR count). The summed E-state index contributed by atoms with van der Waals surface area (Å²) in [5.74, 6) is -0.526. The van der Waals surface area contributed by atoms with E-state index >= 15 is 0 Å². The molecule has 0 aliphatic rings. The lowest BCUT2D eigenvalue weighted by molar-refractivity contribution is -0.150. The molecule has 0 radical (unpaired) electrons. The first-order valence-electron chi connectivity index (χ1n) is 5.25. The van der Waals surface area contributed by atoms with Crippen LogP contribution in [0, 0.1) is 5.82 Å². The molecule has 94 valence electrons. The summed E-state index contributed by atoms with van der Waals surface area (Å²) in [7, 11) is 1.36. The largest absolute Gasteiger partial charge is 0.494 e. The minimum Gasteiger partial charge on any atom is -0.494 e. The molecule has 0 aliphatic carbocycles. The highest BCUT2D eigenvalue weighted by Gasteiger charge is 2.16. The van der Waals surface area contributed by atoms with E-state index in [0.717, 1.165) is 0 Å². The van der Waals surface area contributed by atoms with Crippen LogP contribution in [0.15, 0.2) is 18.2 Å². The fourth-order valence-corrected chi connectivity index (χ4v) is 1.23. The van der Waals surface area contributed by atoms with Gasteiger partial charge in [0, 0.05) is 6.07 Å². The van der Waals surface area contributed by atoms with Crippen LogP contribution in [0.2, 0.25) is 0 Å². The van der Waals surface area contributed by atoms with E-state index in [1.807, 2.05) is 0 Å². The molecule has 4 nitrogen and oxygen atoms in total. The van der Waals surface area contributed by atoms with E-state index in [-0.39, 0.29) is 5.75 Å². The van der Waals surface area contributed by atoms with Crippen LogP contribution in [0.25, 0.3) is 0 Å². The molecule has 0 saturated heterocycles. The third kappa shape index (κ3) is 3.62. The molecule has 17 heavy (non-hydrogen) atoms. The summed E-state index contributed by atoms with van der Waals surface area (Å²) in [5, 5.41) is 0. The summed E-state index contributed by atoms with van der Waals surface area (Å²) in [6.45, 7) is 3.57. The summed E-state index contributed by atoms with van der Waals surface area (Å²) in [5.41, 5.74) is 0. The molecule has 0 N–H and O–H groups in total. The topological polar surface area (TPSA) is 44.8 Å². The monoisotopic (exact) mass is 242 g/mol. The molecule has 0 amide bonds. The second-order valence-corrected chi connectivity index (χ2v) is 3.31. The Hall–Kier alpha value is -1.78. The molecular formula is C12H15FO4. The fourth-order valence-electron chi connectivity index (χ4n) is 1.23.